The molecule has 0 saturated carbocycles. The Hall–Kier alpha value is -1.44. The molecule has 0 aliphatic carbocycles. The molecule has 7 heteroatoms. The lowest BCUT2D eigenvalue weighted by Crippen LogP contribution is -2.03. The van der Waals surface area contributed by atoms with Crippen LogP contribution in [0.4, 0.5) is 0 Å². The van der Waals surface area contributed by atoms with Gasteiger partial charge in [0.2, 0.25) is 5.89 Å². The fraction of sp³-hybridized carbons (Fsp3) is 0.133. The van der Waals surface area contributed by atoms with E-state index in [4.69, 9.17) is 4.42 Å². The van der Waals surface area contributed by atoms with Crippen LogP contribution in [-0.4, -0.2) is 19.2 Å². The summed E-state index contributed by atoms with van der Waals surface area (Å²) in [5, 5.41) is 1.99. The minimum absolute atomic E-state index is 0.0658. The van der Waals surface area contributed by atoms with Gasteiger partial charge in [-0.2, -0.15) is 0 Å². The van der Waals surface area contributed by atoms with E-state index in [1.807, 2.05) is 17.5 Å². The third kappa shape index (κ3) is 3.16. The molecule has 2 aromatic heterocycles. The van der Waals surface area contributed by atoms with Crippen molar-refractivity contribution in [2.45, 2.75) is 11.8 Å². The lowest BCUT2D eigenvalue weighted by Gasteiger charge is -1.99. The Labute approximate surface area is 140 Å². The normalized spacial score (nSPS) is 12.5. The minimum atomic E-state index is -3.24. The molecule has 0 unspecified atom stereocenters. The van der Waals surface area contributed by atoms with Gasteiger partial charge in [-0.25, -0.2) is 13.4 Å². The Balaban J connectivity index is 1.95. The monoisotopic (exact) mass is 397 g/mol. The van der Waals surface area contributed by atoms with Crippen LogP contribution in [0.25, 0.3) is 23.3 Å². The van der Waals surface area contributed by atoms with Crippen LogP contribution in [-0.2, 0) is 9.84 Å². The number of oxazole rings is 1. The predicted molar refractivity (Wildman–Crippen MR) is 92.7 cm³/mol. The van der Waals surface area contributed by atoms with Crippen molar-refractivity contribution in [3.8, 4) is 0 Å². The summed E-state index contributed by atoms with van der Waals surface area (Å²) in [7, 11) is -3.24. The van der Waals surface area contributed by atoms with Gasteiger partial charge in [0.1, 0.15) is 5.52 Å². The maximum absolute atomic E-state index is 11.9. The van der Waals surface area contributed by atoms with Gasteiger partial charge in [0.15, 0.2) is 15.4 Å². The van der Waals surface area contributed by atoms with Crippen LogP contribution in [0.15, 0.2) is 43.4 Å². The van der Waals surface area contributed by atoms with Gasteiger partial charge in [-0.15, -0.1) is 11.3 Å². The molecule has 3 rings (SSSR count). The van der Waals surface area contributed by atoms with Crippen molar-refractivity contribution in [3.63, 3.8) is 0 Å². The van der Waals surface area contributed by atoms with E-state index in [2.05, 4.69) is 20.9 Å². The molecule has 114 valence electrons. The fourth-order valence-electron chi connectivity index (χ4n) is 1.93. The van der Waals surface area contributed by atoms with E-state index in [0.717, 1.165) is 9.35 Å². The summed E-state index contributed by atoms with van der Waals surface area (Å²) in [6, 6.07) is 6.74. The number of benzene rings is 1. The highest BCUT2D eigenvalue weighted by atomic mass is 79.9. The summed E-state index contributed by atoms with van der Waals surface area (Å²) in [6.45, 7) is 1.62. The Kier molecular flexibility index (Phi) is 4.20. The number of hydrogen-bond acceptors (Lipinski definition) is 5. The molecule has 0 aliphatic rings. The molecule has 0 atom stereocenters. The maximum Gasteiger partial charge on any atom is 0.220 e. The van der Waals surface area contributed by atoms with E-state index < -0.39 is 9.84 Å². The first kappa shape index (κ1) is 15.5. The third-order valence-electron chi connectivity index (χ3n) is 3.09. The predicted octanol–water partition coefficient (Wildman–Crippen LogP) is 4.62. The number of nitrogens with zero attached hydrogens (tertiary/aromatic N) is 1. The van der Waals surface area contributed by atoms with Crippen molar-refractivity contribution in [2.24, 2.45) is 0 Å². The summed E-state index contributed by atoms with van der Waals surface area (Å²) in [6.07, 6.45) is 3.68. The van der Waals surface area contributed by atoms with Crippen molar-refractivity contribution in [2.75, 3.05) is 5.75 Å². The van der Waals surface area contributed by atoms with Crippen LogP contribution < -0.4 is 0 Å². The van der Waals surface area contributed by atoms with Gasteiger partial charge < -0.3 is 4.42 Å². The van der Waals surface area contributed by atoms with Gasteiger partial charge in [0.25, 0.3) is 0 Å². The van der Waals surface area contributed by atoms with Crippen molar-refractivity contribution >= 4 is 60.4 Å². The van der Waals surface area contributed by atoms with Gasteiger partial charge in [-0.05, 0) is 46.3 Å². The molecule has 0 spiro atoms. The van der Waals surface area contributed by atoms with E-state index in [1.54, 1.807) is 42.5 Å². The second kappa shape index (κ2) is 5.98. The Bertz CT molecular complexity index is 954. The molecule has 0 bridgehead atoms. The SMILES string of the molecule is CCS(=O)(=O)c1ccc2oc(/C=C/c3cc(Br)cs3)nc2c1. The molecule has 1 aromatic carbocycles. The summed E-state index contributed by atoms with van der Waals surface area (Å²) >= 11 is 5.00. The molecule has 0 radical (unpaired) electrons. The number of sulfone groups is 1. The second-order valence-corrected chi connectivity index (χ2v) is 8.72. The van der Waals surface area contributed by atoms with Crippen LogP contribution in [0, 0.1) is 0 Å². The average Bonchev–Trinajstić information content (AvgIpc) is 3.09. The standard InChI is InChI=1S/C15H12BrNO3S2/c1-2-22(18,19)12-4-5-14-13(8-12)17-15(20-14)6-3-11-7-10(16)9-21-11/h3-9H,2H2,1H3/b6-3+. The van der Waals surface area contributed by atoms with Crippen LogP contribution in [0.5, 0.6) is 0 Å². The fourth-order valence-corrected chi connectivity index (χ4v) is 4.16. The highest BCUT2D eigenvalue weighted by molar-refractivity contribution is 9.10. The Morgan fingerprint density at radius 2 is 2.14 bits per heavy atom. The smallest absolute Gasteiger partial charge is 0.220 e. The van der Waals surface area contributed by atoms with Crippen molar-refractivity contribution < 1.29 is 12.8 Å². The molecule has 0 N–H and O–H groups in total. The first-order valence-corrected chi connectivity index (χ1v) is 9.86. The zero-order valence-corrected chi connectivity index (χ0v) is 14.8. The average molecular weight is 398 g/mol. The molecule has 0 fully saturated rings. The van der Waals surface area contributed by atoms with Crippen LogP contribution in [0.1, 0.15) is 17.7 Å². The molecule has 22 heavy (non-hydrogen) atoms. The number of fused-ring (bicyclic) bond motifs is 1. The van der Waals surface area contributed by atoms with Crippen molar-refractivity contribution in [1.29, 1.82) is 0 Å². The van der Waals surface area contributed by atoms with Crippen LogP contribution >= 0.6 is 27.3 Å². The third-order valence-corrected chi connectivity index (χ3v) is 6.48. The van der Waals surface area contributed by atoms with Crippen LogP contribution in [0.3, 0.4) is 0 Å². The topological polar surface area (TPSA) is 60.2 Å². The summed E-state index contributed by atoms with van der Waals surface area (Å²) < 4.78 is 30.4. The first-order chi connectivity index (χ1) is 10.5. The largest absolute Gasteiger partial charge is 0.437 e. The van der Waals surface area contributed by atoms with E-state index in [0.29, 0.717) is 17.0 Å². The molecule has 0 aliphatic heterocycles. The zero-order chi connectivity index (χ0) is 15.7. The number of thiophene rings is 1. The van der Waals surface area contributed by atoms with Gasteiger partial charge in [-0.3, -0.25) is 0 Å². The van der Waals surface area contributed by atoms with Crippen molar-refractivity contribution in [3.05, 3.63) is 44.9 Å². The number of halogens is 1. The number of rotatable bonds is 4. The molecule has 4 nitrogen and oxygen atoms in total. The van der Waals surface area contributed by atoms with E-state index in [1.165, 1.54) is 0 Å². The summed E-state index contributed by atoms with van der Waals surface area (Å²) in [4.78, 5) is 5.66. The quantitative estimate of drug-likeness (QED) is 0.644. The van der Waals surface area contributed by atoms with Crippen molar-refractivity contribution in [1.82, 2.24) is 4.98 Å². The number of hydrogen-bond donors (Lipinski definition) is 0. The van der Waals surface area contributed by atoms with Gasteiger partial charge in [0, 0.05) is 20.8 Å². The summed E-state index contributed by atoms with van der Waals surface area (Å²) in [5.74, 6) is 0.515. The molecule has 2 heterocycles. The first-order valence-electron chi connectivity index (χ1n) is 6.53. The Morgan fingerprint density at radius 1 is 1.32 bits per heavy atom. The molecule has 0 saturated heterocycles. The minimum Gasteiger partial charge on any atom is -0.437 e. The Morgan fingerprint density at radius 3 is 2.82 bits per heavy atom. The molecule has 3 aromatic rings. The van der Waals surface area contributed by atoms with Gasteiger partial charge >= 0.3 is 0 Å². The van der Waals surface area contributed by atoms with Gasteiger partial charge in [0.05, 0.1) is 10.6 Å². The second-order valence-electron chi connectivity index (χ2n) is 4.59. The summed E-state index contributed by atoms with van der Waals surface area (Å²) in [5.41, 5.74) is 1.11. The van der Waals surface area contributed by atoms with E-state index in [9.17, 15) is 8.42 Å². The van der Waals surface area contributed by atoms with E-state index in [-0.39, 0.29) is 10.6 Å². The van der Waals surface area contributed by atoms with E-state index >= 15 is 0 Å². The highest BCUT2D eigenvalue weighted by Gasteiger charge is 2.14. The van der Waals surface area contributed by atoms with Crippen LogP contribution in [0.2, 0.25) is 0 Å². The van der Waals surface area contributed by atoms with Gasteiger partial charge in [-0.1, -0.05) is 6.92 Å². The molecular formula is C15H12BrNO3S2. The zero-order valence-electron chi connectivity index (χ0n) is 11.6. The highest BCUT2D eigenvalue weighted by Crippen LogP contribution is 2.24. The molecular weight excluding hydrogens is 386 g/mol. The lowest BCUT2D eigenvalue weighted by atomic mass is 10.3. The maximum atomic E-state index is 11.9. The number of aromatic nitrogens is 1. The molecule has 0 amide bonds. The lowest BCUT2D eigenvalue weighted by molar-refractivity contribution is 0.589.